The van der Waals surface area contributed by atoms with Crippen LogP contribution in [0.3, 0.4) is 0 Å². The molecular weight excluding hydrogens is 288 g/mol. The van der Waals surface area contributed by atoms with Crippen molar-refractivity contribution in [3.05, 3.63) is 52.2 Å². The molecule has 1 aromatic carbocycles. The molecule has 0 saturated heterocycles. The minimum absolute atomic E-state index is 0.725. The Balaban J connectivity index is 2.09. The number of aromatic nitrogens is 1. The third-order valence-electron chi connectivity index (χ3n) is 3.13. The summed E-state index contributed by atoms with van der Waals surface area (Å²) in [5.74, 6) is 1.66. The minimum atomic E-state index is 0.725. The molecule has 0 unspecified atom stereocenters. The molecule has 0 spiro atoms. The molecule has 106 valence electrons. The molecule has 0 aliphatic heterocycles. The number of hydrogen-bond donors (Lipinski definition) is 1. The number of nitrogens with zero attached hydrogens (tertiary/aromatic N) is 1. The number of thioether (sulfide) groups is 1. The summed E-state index contributed by atoms with van der Waals surface area (Å²) < 4.78 is 0. The van der Waals surface area contributed by atoms with Gasteiger partial charge in [0.15, 0.2) is 0 Å². The fourth-order valence-corrected chi connectivity index (χ4v) is 3.02. The van der Waals surface area contributed by atoms with Gasteiger partial charge in [-0.05, 0) is 56.2 Å². The number of hydrogen-bond acceptors (Lipinski definition) is 3. The smallest absolute Gasteiger partial charge is 0.126 e. The van der Waals surface area contributed by atoms with Crippen LogP contribution in [0.2, 0.25) is 5.02 Å². The molecule has 1 heterocycles. The highest BCUT2D eigenvalue weighted by Gasteiger charge is 2.05. The van der Waals surface area contributed by atoms with E-state index in [0.29, 0.717) is 0 Å². The van der Waals surface area contributed by atoms with Gasteiger partial charge in [0.1, 0.15) is 5.82 Å². The van der Waals surface area contributed by atoms with Crippen molar-refractivity contribution in [1.29, 1.82) is 0 Å². The molecule has 0 fully saturated rings. The molecule has 2 nitrogen and oxygen atoms in total. The second-order valence-electron chi connectivity index (χ2n) is 4.69. The van der Waals surface area contributed by atoms with Crippen LogP contribution in [0.25, 0.3) is 0 Å². The number of halogens is 1. The summed E-state index contributed by atoms with van der Waals surface area (Å²) in [5.41, 5.74) is 3.56. The Morgan fingerprint density at radius 2 is 1.95 bits per heavy atom. The topological polar surface area (TPSA) is 24.9 Å². The number of rotatable bonds is 5. The van der Waals surface area contributed by atoms with Gasteiger partial charge in [-0.1, -0.05) is 17.7 Å². The van der Waals surface area contributed by atoms with E-state index in [9.17, 15) is 0 Å². The molecule has 0 saturated carbocycles. The van der Waals surface area contributed by atoms with Gasteiger partial charge in [0, 0.05) is 17.2 Å². The molecule has 4 heteroatoms. The lowest BCUT2D eigenvalue weighted by molar-refractivity contribution is 1.11. The summed E-state index contributed by atoms with van der Waals surface area (Å²) in [4.78, 5) is 5.80. The van der Waals surface area contributed by atoms with Gasteiger partial charge in [0.05, 0.1) is 10.7 Å². The molecule has 0 radical (unpaired) electrons. The van der Waals surface area contributed by atoms with Gasteiger partial charge in [-0.25, -0.2) is 4.98 Å². The monoisotopic (exact) mass is 306 g/mol. The van der Waals surface area contributed by atoms with Crippen LogP contribution in [0.5, 0.6) is 0 Å². The van der Waals surface area contributed by atoms with E-state index in [1.807, 2.05) is 12.1 Å². The summed E-state index contributed by atoms with van der Waals surface area (Å²) in [6.07, 6.45) is 0. The van der Waals surface area contributed by atoms with Crippen molar-refractivity contribution in [3.8, 4) is 0 Å². The average Bonchev–Trinajstić information content (AvgIpc) is 2.43. The van der Waals surface area contributed by atoms with Gasteiger partial charge in [0.25, 0.3) is 0 Å². The van der Waals surface area contributed by atoms with E-state index in [2.05, 4.69) is 49.3 Å². The average molecular weight is 307 g/mol. The van der Waals surface area contributed by atoms with E-state index >= 15 is 0 Å². The van der Waals surface area contributed by atoms with Crippen molar-refractivity contribution < 1.29 is 0 Å². The lowest BCUT2D eigenvalue weighted by Gasteiger charge is -2.08. The summed E-state index contributed by atoms with van der Waals surface area (Å²) in [6, 6.07) is 10.3. The van der Waals surface area contributed by atoms with Gasteiger partial charge < -0.3 is 5.32 Å². The van der Waals surface area contributed by atoms with Crippen molar-refractivity contribution in [2.24, 2.45) is 0 Å². The van der Waals surface area contributed by atoms with Crippen LogP contribution in [0.4, 0.5) is 5.82 Å². The largest absolute Gasteiger partial charge is 0.370 e. The molecule has 0 bridgehead atoms. The molecule has 1 N–H and O–H groups in total. The van der Waals surface area contributed by atoms with Crippen LogP contribution < -0.4 is 5.32 Å². The Kier molecular flexibility index (Phi) is 5.32. The molecule has 1 aromatic heterocycles. The summed E-state index contributed by atoms with van der Waals surface area (Å²) >= 11 is 7.98. The second kappa shape index (κ2) is 7.00. The number of aryl methyl sites for hydroxylation is 2. The van der Waals surface area contributed by atoms with Crippen LogP contribution in [-0.2, 0) is 5.75 Å². The number of nitrogens with one attached hydrogen (secondary N) is 1. The molecule has 20 heavy (non-hydrogen) atoms. The van der Waals surface area contributed by atoms with Crippen molar-refractivity contribution >= 4 is 29.2 Å². The van der Waals surface area contributed by atoms with E-state index in [4.69, 9.17) is 11.6 Å². The highest BCUT2D eigenvalue weighted by Crippen LogP contribution is 2.27. The molecular formula is C16H19ClN2S. The second-order valence-corrected chi connectivity index (χ2v) is 6.15. The quantitative estimate of drug-likeness (QED) is 0.780. The van der Waals surface area contributed by atoms with Crippen molar-refractivity contribution in [2.75, 3.05) is 11.9 Å². The summed E-state index contributed by atoms with van der Waals surface area (Å²) in [7, 11) is 0. The van der Waals surface area contributed by atoms with Crippen LogP contribution in [-0.4, -0.2) is 11.5 Å². The SMILES string of the molecule is CCNc1ccc(Cl)c(CSc2ccc(C)c(C)c2)n1. The number of anilines is 1. The summed E-state index contributed by atoms with van der Waals surface area (Å²) in [6.45, 7) is 7.18. The first-order valence-corrected chi connectivity index (χ1v) is 8.06. The standard InChI is InChI=1S/C16H19ClN2S/c1-4-18-16-8-7-14(17)15(19-16)10-20-13-6-5-11(2)12(3)9-13/h5-9H,4,10H2,1-3H3,(H,18,19). The van der Waals surface area contributed by atoms with Crippen molar-refractivity contribution in [1.82, 2.24) is 4.98 Å². The highest BCUT2D eigenvalue weighted by molar-refractivity contribution is 7.98. The van der Waals surface area contributed by atoms with Gasteiger partial charge in [0.2, 0.25) is 0 Å². The Morgan fingerprint density at radius 3 is 2.65 bits per heavy atom. The Morgan fingerprint density at radius 1 is 1.15 bits per heavy atom. The first-order chi connectivity index (χ1) is 9.60. The number of benzene rings is 1. The third kappa shape index (κ3) is 3.90. The van der Waals surface area contributed by atoms with Crippen LogP contribution in [0, 0.1) is 13.8 Å². The van der Waals surface area contributed by atoms with Gasteiger partial charge in [-0.3, -0.25) is 0 Å². The molecule has 2 rings (SSSR count). The van der Waals surface area contributed by atoms with Gasteiger partial charge in [-0.2, -0.15) is 0 Å². The predicted molar refractivity (Wildman–Crippen MR) is 88.9 cm³/mol. The lowest BCUT2D eigenvalue weighted by Crippen LogP contribution is -2.01. The maximum atomic E-state index is 6.22. The zero-order chi connectivity index (χ0) is 14.5. The van der Waals surface area contributed by atoms with Crippen LogP contribution in [0.1, 0.15) is 23.7 Å². The minimum Gasteiger partial charge on any atom is -0.370 e. The van der Waals surface area contributed by atoms with Crippen molar-refractivity contribution in [2.45, 2.75) is 31.4 Å². The maximum Gasteiger partial charge on any atom is 0.126 e. The Hall–Kier alpha value is -1.19. The molecule has 0 atom stereocenters. The van der Waals surface area contributed by atoms with E-state index in [0.717, 1.165) is 28.8 Å². The Bertz CT molecular complexity index is 599. The Labute approximate surface area is 130 Å². The van der Waals surface area contributed by atoms with Crippen LogP contribution in [0.15, 0.2) is 35.2 Å². The van der Waals surface area contributed by atoms with Gasteiger partial charge in [-0.15, -0.1) is 11.8 Å². The zero-order valence-electron chi connectivity index (χ0n) is 12.0. The fraction of sp³-hybridized carbons (Fsp3) is 0.312. The van der Waals surface area contributed by atoms with E-state index in [1.54, 1.807) is 11.8 Å². The van der Waals surface area contributed by atoms with E-state index < -0.39 is 0 Å². The first-order valence-electron chi connectivity index (χ1n) is 6.69. The predicted octanol–water partition coefficient (Wildman–Crippen LogP) is 5.08. The maximum absolute atomic E-state index is 6.22. The zero-order valence-corrected chi connectivity index (χ0v) is 13.6. The fourth-order valence-electron chi connectivity index (χ4n) is 1.82. The number of pyridine rings is 1. The lowest BCUT2D eigenvalue weighted by atomic mass is 10.1. The van der Waals surface area contributed by atoms with E-state index in [1.165, 1.54) is 16.0 Å². The van der Waals surface area contributed by atoms with Crippen molar-refractivity contribution in [3.63, 3.8) is 0 Å². The molecule has 0 aliphatic rings. The third-order valence-corrected chi connectivity index (χ3v) is 4.48. The molecule has 2 aromatic rings. The van der Waals surface area contributed by atoms with E-state index in [-0.39, 0.29) is 0 Å². The highest BCUT2D eigenvalue weighted by atomic mass is 35.5. The molecule has 0 aliphatic carbocycles. The first kappa shape index (κ1) is 15.2. The normalized spacial score (nSPS) is 10.6. The van der Waals surface area contributed by atoms with Gasteiger partial charge >= 0.3 is 0 Å². The summed E-state index contributed by atoms with van der Waals surface area (Å²) in [5, 5.41) is 3.94. The molecule has 0 amide bonds. The van der Waals surface area contributed by atoms with Crippen LogP contribution >= 0.6 is 23.4 Å².